The maximum absolute atomic E-state index is 13.2. The van der Waals surface area contributed by atoms with Gasteiger partial charge in [-0.1, -0.05) is 31.5 Å². The second-order valence-electron chi connectivity index (χ2n) is 2.81. The summed E-state index contributed by atoms with van der Waals surface area (Å²) in [6, 6.07) is 8.75. The third-order valence-electron chi connectivity index (χ3n) is 1.72. The molecule has 2 unspecified atom stereocenters. The van der Waals surface area contributed by atoms with Crippen LogP contribution in [0.3, 0.4) is 0 Å². The topological polar surface area (TPSA) is 17.1 Å². The standard InChI is InChI=1S/C10H13FOS/c1-2-6-10(11)13(12)9-7-4-3-5-8-9/h3-5,7-8,10H,2,6H2,1H3. The van der Waals surface area contributed by atoms with E-state index >= 15 is 0 Å². The summed E-state index contributed by atoms with van der Waals surface area (Å²) in [5.41, 5.74) is -1.23. The summed E-state index contributed by atoms with van der Waals surface area (Å²) < 4.78 is 24.7. The first kappa shape index (κ1) is 10.4. The van der Waals surface area contributed by atoms with Crippen LogP contribution in [-0.4, -0.2) is 9.71 Å². The van der Waals surface area contributed by atoms with Gasteiger partial charge in [0.1, 0.15) is 0 Å². The zero-order valence-electron chi connectivity index (χ0n) is 7.57. The van der Waals surface area contributed by atoms with E-state index in [9.17, 15) is 8.60 Å². The lowest BCUT2D eigenvalue weighted by Gasteiger charge is -2.05. The van der Waals surface area contributed by atoms with Crippen molar-refractivity contribution in [2.45, 2.75) is 30.2 Å². The van der Waals surface area contributed by atoms with Crippen LogP contribution in [0.15, 0.2) is 35.2 Å². The molecule has 0 bridgehead atoms. The normalized spacial score (nSPS) is 15.2. The number of alkyl halides is 1. The van der Waals surface area contributed by atoms with E-state index in [0.717, 1.165) is 6.42 Å². The molecule has 0 aliphatic rings. The molecule has 0 amide bonds. The zero-order valence-corrected chi connectivity index (χ0v) is 8.39. The minimum atomic E-state index is -1.49. The molecule has 0 saturated heterocycles. The molecule has 0 spiro atoms. The van der Waals surface area contributed by atoms with E-state index in [1.165, 1.54) is 0 Å². The Morgan fingerprint density at radius 1 is 1.38 bits per heavy atom. The van der Waals surface area contributed by atoms with Crippen molar-refractivity contribution in [3.63, 3.8) is 0 Å². The molecular formula is C10H13FOS. The van der Waals surface area contributed by atoms with Crippen molar-refractivity contribution >= 4 is 10.8 Å². The molecule has 0 aliphatic carbocycles. The van der Waals surface area contributed by atoms with Gasteiger partial charge in [-0.3, -0.25) is 4.21 Å². The van der Waals surface area contributed by atoms with Crippen molar-refractivity contribution < 1.29 is 8.60 Å². The summed E-state index contributed by atoms with van der Waals surface area (Å²) in [7, 11) is -1.49. The van der Waals surface area contributed by atoms with Gasteiger partial charge in [0.05, 0.1) is 10.8 Å². The summed E-state index contributed by atoms with van der Waals surface area (Å²) in [5.74, 6) is 0. The second-order valence-corrected chi connectivity index (χ2v) is 4.39. The van der Waals surface area contributed by atoms with Crippen molar-refractivity contribution in [1.82, 2.24) is 0 Å². The highest BCUT2D eigenvalue weighted by Gasteiger charge is 2.15. The first-order chi connectivity index (χ1) is 6.25. The number of hydrogen-bond acceptors (Lipinski definition) is 1. The van der Waals surface area contributed by atoms with Crippen molar-refractivity contribution in [1.29, 1.82) is 0 Å². The highest BCUT2D eigenvalue weighted by Crippen LogP contribution is 2.15. The van der Waals surface area contributed by atoms with E-state index in [4.69, 9.17) is 0 Å². The van der Waals surface area contributed by atoms with Gasteiger partial charge in [0, 0.05) is 4.90 Å². The lowest BCUT2D eigenvalue weighted by atomic mass is 10.4. The summed E-state index contributed by atoms with van der Waals surface area (Å²) in [6.45, 7) is 1.88. The van der Waals surface area contributed by atoms with Gasteiger partial charge in [-0.2, -0.15) is 0 Å². The number of halogens is 1. The van der Waals surface area contributed by atoms with E-state index in [1.54, 1.807) is 24.3 Å². The summed E-state index contributed by atoms with van der Waals surface area (Å²) >= 11 is 0. The first-order valence-corrected chi connectivity index (χ1v) is 5.56. The first-order valence-electron chi connectivity index (χ1n) is 4.35. The van der Waals surface area contributed by atoms with E-state index < -0.39 is 16.3 Å². The van der Waals surface area contributed by atoms with Crippen LogP contribution in [0.1, 0.15) is 19.8 Å². The number of hydrogen-bond donors (Lipinski definition) is 0. The van der Waals surface area contributed by atoms with Crippen LogP contribution >= 0.6 is 0 Å². The zero-order chi connectivity index (χ0) is 9.68. The molecule has 13 heavy (non-hydrogen) atoms. The minimum absolute atomic E-state index is 0.363. The third-order valence-corrected chi connectivity index (χ3v) is 3.16. The van der Waals surface area contributed by atoms with Gasteiger partial charge < -0.3 is 0 Å². The van der Waals surface area contributed by atoms with Crippen molar-refractivity contribution in [3.8, 4) is 0 Å². The Kier molecular flexibility index (Phi) is 4.09. The minimum Gasteiger partial charge on any atom is -0.251 e. The average molecular weight is 200 g/mol. The molecule has 0 heterocycles. The third kappa shape index (κ3) is 2.92. The van der Waals surface area contributed by atoms with Gasteiger partial charge in [-0.15, -0.1) is 0 Å². The van der Waals surface area contributed by atoms with Crippen LogP contribution in [0.2, 0.25) is 0 Å². The van der Waals surface area contributed by atoms with Gasteiger partial charge in [0.15, 0.2) is 5.50 Å². The van der Waals surface area contributed by atoms with Gasteiger partial charge >= 0.3 is 0 Å². The quantitative estimate of drug-likeness (QED) is 0.730. The molecule has 0 fully saturated rings. The average Bonchev–Trinajstić information content (AvgIpc) is 2.18. The molecule has 72 valence electrons. The Balaban J connectivity index is 2.68. The number of benzene rings is 1. The fourth-order valence-electron chi connectivity index (χ4n) is 1.04. The second kappa shape index (κ2) is 5.12. The fraction of sp³-hybridized carbons (Fsp3) is 0.400. The van der Waals surface area contributed by atoms with Crippen molar-refractivity contribution in [2.24, 2.45) is 0 Å². The smallest absolute Gasteiger partial charge is 0.179 e. The maximum atomic E-state index is 13.2. The Morgan fingerprint density at radius 2 is 2.00 bits per heavy atom. The van der Waals surface area contributed by atoms with Crippen LogP contribution in [0.5, 0.6) is 0 Å². The van der Waals surface area contributed by atoms with Crippen LogP contribution in [0, 0.1) is 0 Å². The molecule has 1 nitrogen and oxygen atoms in total. The van der Waals surface area contributed by atoms with E-state index in [1.807, 2.05) is 13.0 Å². The van der Waals surface area contributed by atoms with Gasteiger partial charge in [0.2, 0.25) is 0 Å². The largest absolute Gasteiger partial charge is 0.251 e. The molecule has 0 saturated carbocycles. The lowest BCUT2D eigenvalue weighted by Crippen LogP contribution is -2.08. The van der Waals surface area contributed by atoms with E-state index in [0.29, 0.717) is 11.3 Å². The molecule has 0 N–H and O–H groups in total. The summed E-state index contributed by atoms with van der Waals surface area (Å²) in [5, 5.41) is 0. The summed E-state index contributed by atoms with van der Waals surface area (Å²) in [6.07, 6.45) is 1.08. The lowest BCUT2D eigenvalue weighted by molar-refractivity contribution is 0.413. The molecule has 0 aromatic heterocycles. The van der Waals surface area contributed by atoms with E-state index in [-0.39, 0.29) is 0 Å². The molecular weight excluding hydrogens is 187 g/mol. The predicted molar refractivity (Wildman–Crippen MR) is 52.7 cm³/mol. The Hall–Kier alpha value is -0.700. The Labute approximate surface area is 80.4 Å². The van der Waals surface area contributed by atoms with Gasteiger partial charge in [-0.05, 0) is 18.6 Å². The van der Waals surface area contributed by atoms with Crippen LogP contribution in [-0.2, 0) is 10.8 Å². The molecule has 1 aromatic carbocycles. The van der Waals surface area contributed by atoms with E-state index in [2.05, 4.69) is 0 Å². The molecule has 2 atom stereocenters. The molecule has 1 aromatic rings. The Morgan fingerprint density at radius 3 is 2.54 bits per heavy atom. The monoisotopic (exact) mass is 200 g/mol. The Bertz CT molecular complexity index is 274. The van der Waals surface area contributed by atoms with Crippen LogP contribution in [0.25, 0.3) is 0 Å². The van der Waals surface area contributed by atoms with Crippen molar-refractivity contribution in [3.05, 3.63) is 30.3 Å². The fourth-order valence-corrected chi connectivity index (χ4v) is 2.21. The van der Waals surface area contributed by atoms with Crippen LogP contribution in [0.4, 0.5) is 4.39 Å². The highest BCUT2D eigenvalue weighted by molar-refractivity contribution is 7.85. The maximum Gasteiger partial charge on any atom is 0.179 e. The molecule has 0 radical (unpaired) electrons. The highest BCUT2D eigenvalue weighted by atomic mass is 32.2. The van der Waals surface area contributed by atoms with Gasteiger partial charge in [-0.25, -0.2) is 4.39 Å². The van der Waals surface area contributed by atoms with Crippen molar-refractivity contribution in [2.75, 3.05) is 0 Å². The summed E-state index contributed by atoms with van der Waals surface area (Å²) in [4.78, 5) is 0.573. The predicted octanol–water partition coefficient (Wildman–Crippen LogP) is 2.89. The van der Waals surface area contributed by atoms with Crippen LogP contribution < -0.4 is 0 Å². The SMILES string of the molecule is CCCC(F)S(=O)c1ccccc1. The van der Waals surface area contributed by atoms with Gasteiger partial charge in [0.25, 0.3) is 0 Å². The molecule has 1 rings (SSSR count). The number of rotatable bonds is 4. The molecule has 0 aliphatic heterocycles. The molecule has 3 heteroatoms.